The lowest BCUT2D eigenvalue weighted by Crippen LogP contribution is -2.21. The fourth-order valence-corrected chi connectivity index (χ4v) is 4.68. The van der Waals surface area contributed by atoms with Gasteiger partial charge in [0.15, 0.2) is 23.9 Å². The fraction of sp³-hybridized carbons (Fsp3) is 0.0909. The summed E-state index contributed by atoms with van der Waals surface area (Å²) in [7, 11) is 3.02. The smallest absolute Gasteiger partial charge is 0.282 e. The molecule has 0 radical (unpaired) electrons. The molecule has 44 heavy (non-hydrogen) atoms. The van der Waals surface area contributed by atoms with Crippen molar-refractivity contribution in [3.63, 3.8) is 0 Å². The van der Waals surface area contributed by atoms with Crippen molar-refractivity contribution in [2.24, 2.45) is 5.10 Å². The number of nitrogens with zero attached hydrogens (tertiary/aromatic N) is 3. The Bertz CT molecular complexity index is 2100. The van der Waals surface area contributed by atoms with Gasteiger partial charge in [-0.25, -0.2) is 9.37 Å². The zero-order valence-corrected chi connectivity index (χ0v) is 23.6. The molecule has 0 saturated heterocycles. The molecule has 2 aromatic heterocycles. The molecule has 0 spiro atoms. The molecule has 0 aliphatic rings. The largest absolute Gasteiger partial charge is 0.496 e. The highest BCUT2D eigenvalue weighted by molar-refractivity contribution is 5.92. The summed E-state index contributed by atoms with van der Waals surface area (Å²) >= 11 is 0. The van der Waals surface area contributed by atoms with Gasteiger partial charge in [-0.2, -0.15) is 9.78 Å². The van der Waals surface area contributed by atoms with Crippen molar-refractivity contribution in [3.05, 3.63) is 113 Å². The van der Waals surface area contributed by atoms with Gasteiger partial charge in [-0.05, 0) is 60.7 Å². The van der Waals surface area contributed by atoms with Crippen LogP contribution in [0.2, 0.25) is 0 Å². The second-order valence-corrected chi connectivity index (χ2v) is 9.52. The summed E-state index contributed by atoms with van der Waals surface area (Å²) in [6.07, 6.45) is 1.41. The third kappa shape index (κ3) is 5.58. The van der Waals surface area contributed by atoms with Crippen molar-refractivity contribution in [2.45, 2.75) is 0 Å². The van der Waals surface area contributed by atoms with E-state index in [0.29, 0.717) is 50.4 Å². The predicted octanol–water partition coefficient (Wildman–Crippen LogP) is 5.87. The Kier molecular flexibility index (Phi) is 7.75. The van der Waals surface area contributed by atoms with E-state index in [1.54, 1.807) is 73.8 Å². The first-order valence-electron chi connectivity index (χ1n) is 13.4. The monoisotopic (exact) mass is 592 g/mol. The minimum Gasteiger partial charge on any atom is -0.496 e. The van der Waals surface area contributed by atoms with Crippen molar-refractivity contribution in [1.82, 2.24) is 9.66 Å². The van der Waals surface area contributed by atoms with Gasteiger partial charge in [0.2, 0.25) is 5.82 Å². The summed E-state index contributed by atoms with van der Waals surface area (Å²) in [5.74, 6) is 0.637. The number of methoxy groups -OCH3 is 2. The highest BCUT2D eigenvalue weighted by Crippen LogP contribution is 2.33. The fourth-order valence-electron chi connectivity index (χ4n) is 4.68. The number of para-hydroxylation sites is 2. The number of fused-ring (bicyclic) bond motifs is 2. The Labute approximate surface area is 249 Å². The number of amides is 1. The number of hydrogen-bond acceptors (Lipinski definition) is 8. The highest BCUT2D eigenvalue weighted by atomic mass is 19.1. The molecule has 1 amide bonds. The molecule has 220 valence electrons. The molecule has 0 saturated carbocycles. The van der Waals surface area contributed by atoms with Crippen LogP contribution in [0.25, 0.3) is 33.5 Å². The summed E-state index contributed by atoms with van der Waals surface area (Å²) in [6.45, 7) is -0.402. The van der Waals surface area contributed by atoms with E-state index < -0.39 is 23.9 Å². The van der Waals surface area contributed by atoms with Crippen molar-refractivity contribution in [3.8, 4) is 28.8 Å². The molecule has 11 heteroatoms. The molecule has 0 bridgehead atoms. The van der Waals surface area contributed by atoms with E-state index in [1.807, 2.05) is 6.07 Å². The van der Waals surface area contributed by atoms with Crippen molar-refractivity contribution in [2.75, 3.05) is 26.1 Å². The van der Waals surface area contributed by atoms with E-state index >= 15 is 0 Å². The van der Waals surface area contributed by atoms with Crippen LogP contribution in [0.15, 0.2) is 105 Å². The van der Waals surface area contributed by atoms with Crippen LogP contribution in [0, 0.1) is 5.82 Å². The van der Waals surface area contributed by atoms with Gasteiger partial charge in [-0.1, -0.05) is 30.3 Å². The van der Waals surface area contributed by atoms with E-state index in [4.69, 9.17) is 23.6 Å². The summed E-state index contributed by atoms with van der Waals surface area (Å²) in [5.41, 5.74) is 1.31. The second-order valence-electron chi connectivity index (χ2n) is 9.52. The molecule has 1 N–H and O–H groups in total. The Morgan fingerprint density at radius 2 is 1.73 bits per heavy atom. The average molecular weight is 593 g/mol. The lowest BCUT2D eigenvalue weighted by Gasteiger charge is -2.13. The SMILES string of the molecule is COc1cccc(C=Nn2c(-c3cc4c(OC)cccc4o3)nc3ccccc3c2=O)c1OCC(=O)Nc1cccc(F)c1. The third-order valence-corrected chi connectivity index (χ3v) is 6.71. The molecule has 6 aromatic rings. The molecule has 4 aromatic carbocycles. The van der Waals surface area contributed by atoms with Crippen LogP contribution in [0.3, 0.4) is 0 Å². The number of anilines is 1. The van der Waals surface area contributed by atoms with E-state index in [0.717, 1.165) is 4.68 Å². The number of furan rings is 1. The van der Waals surface area contributed by atoms with Crippen LogP contribution in [0.4, 0.5) is 10.1 Å². The molecular formula is C33H25FN4O6. The first-order chi connectivity index (χ1) is 21.4. The van der Waals surface area contributed by atoms with Gasteiger partial charge < -0.3 is 23.9 Å². The van der Waals surface area contributed by atoms with Gasteiger partial charge in [0, 0.05) is 11.3 Å². The van der Waals surface area contributed by atoms with Gasteiger partial charge in [0.05, 0.1) is 36.7 Å². The predicted molar refractivity (Wildman–Crippen MR) is 164 cm³/mol. The maximum Gasteiger partial charge on any atom is 0.282 e. The third-order valence-electron chi connectivity index (χ3n) is 6.71. The number of carbonyl (C=O) groups is 1. The maximum atomic E-state index is 13.7. The summed E-state index contributed by atoms with van der Waals surface area (Å²) in [5, 5.41) is 8.16. The Balaban J connectivity index is 1.38. The quantitative estimate of drug-likeness (QED) is 0.209. The first-order valence-corrected chi connectivity index (χ1v) is 13.4. The minimum atomic E-state index is -0.512. The molecule has 6 rings (SSSR count). The zero-order chi connectivity index (χ0) is 30.6. The van der Waals surface area contributed by atoms with Gasteiger partial charge in [-0.15, -0.1) is 0 Å². The number of rotatable bonds is 9. The highest BCUT2D eigenvalue weighted by Gasteiger charge is 2.19. The number of halogens is 1. The molecule has 10 nitrogen and oxygen atoms in total. The number of carbonyl (C=O) groups excluding carboxylic acids is 1. The number of benzene rings is 4. The second kappa shape index (κ2) is 12.1. The van der Waals surface area contributed by atoms with Gasteiger partial charge in [0.25, 0.3) is 11.5 Å². The lowest BCUT2D eigenvalue weighted by molar-refractivity contribution is -0.118. The van der Waals surface area contributed by atoms with Crippen LogP contribution in [0.1, 0.15) is 5.56 Å². The van der Waals surface area contributed by atoms with Crippen molar-refractivity contribution in [1.29, 1.82) is 0 Å². The lowest BCUT2D eigenvalue weighted by atomic mass is 10.2. The average Bonchev–Trinajstić information content (AvgIpc) is 3.48. The number of hydrogen-bond donors (Lipinski definition) is 1. The van der Waals surface area contributed by atoms with E-state index in [-0.39, 0.29) is 11.6 Å². The minimum absolute atomic E-state index is 0.169. The summed E-state index contributed by atoms with van der Waals surface area (Å²) in [6, 6.07) is 24.7. The number of aromatic nitrogens is 2. The molecule has 0 aliphatic carbocycles. The normalized spacial score (nSPS) is 11.2. The van der Waals surface area contributed by atoms with E-state index in [9.17, 15) is 14.0 Å². The molecule has 0 aliphatic heterocycles. The summed E-state index contributed by atoms with van der Waals surface area (Å²) in [4.78, 5) is 31.0. The topological polar surface area (TPSA) is 117 Å². The zero-order valence-electron chi connectivity index (χ0n) is 23.6. The van der Waals surface area contributed by atoms with Gasteiger partial charge >= 0.3 is 0 Å². The van der Waals surface area contributed by atoms with Crippen LogP contribution in [0.5, 0.6) is 17.2 Å². The molecule has 0 fully saturated rings. The molecule has 2 heterocycles. The maximum absolute atomic E-state index is 13.7. The Morgan fingerprint density at radius 3 is 2.55 bits per heavy atom. The Morgan fingerprint density at radius 1 is 0.955 bits per heavy atom. The van der Waals surface area contributed by atoms with Crippen LogP contribution in [-0.4, -0.2) is 42.6 Å². The van der Waals surface area contributed by atoms with Crippen LogP contribution < -0.4 is 25.1 Å². The van der Waals surface area contributed by atoms with E-state index in [2.05, 4.69) is 10.4 Å². The Hall–Kier alpha value is -5.97. The summed E-state index contributed by atoms with van der Waals surface area (Å²) < 4.78 is 37.5. The van der Waals surface area contributed by atoms with Gasteiger partial charge in [-0.3, -0.25) is 9.59 Å². The van der Waals surface area contributed by atoms with Crippen molar-refractivity contribution < 1.29 is 27.8 Å². The van der Waals surface area contributed by atoms with Gasteiger partial charge in [0.1, 0.15) is 17.1 Å². The number of nitrogens with one attached hydrogen (secondary N) is 1. The standard InChI is InChI=1S/C33H25FN4O6/c1-41-26-13-7-14-27-24(26)17-29(44-27)32-37-25-12-4-3-11-23(25)33(40)38(32)35-18-20-8-5-15-28(42-2)31(20)43-19-30(39)36-22-10-6-9-21(34)16-22/h3-18H,19H2,1-2H3,(H,36,39). The van der Waals surface area contributed by atoms with E-state index in [1.165, 1.54) is 31.5 Å². The molecular weight excluding hydrogens is 567 g/mol. The van der Waals surface area contributed by atoms with Crippen LogP contribution in [-0.2, 0) is 4.79 Å². The number of ether oxygens (including phenoxy) is 3. The van der Waals surface area contributed by atoms with Crippen LogP contribution >= 0.6 is 0 Å². The molecule has 0 unspecified atom stereocenters. The first kappa shape index (κ1) is 28.2. The van der Waals surface area contributed by atoms with Crippen molar-refractivity contribution >= 4 is 39.7 Å². The molecule has 0 atom stereocenters.